The molecule has 2 aromatic heterocycles. The number of amides is 1. The van der Waals surface area contributed by atoms with E-state index in [9.17, 15) is 4.79 Å². The van der Waals surface area contributed by atoms with Crippen LogP contribution in [0.5, 0.6) is 0 Å². The van der Waals surface area contributed by atoms with Crippen molar-refractivity contribution in [1.82, 2.24) is 10.3 Å². The van der Waals surface area contributed by atoms with Gasteiger partial charge in [0.2, 0.25) is 11.8 Å². The first kappa shape index (κ1) is 12.8. The highest BCUT2D eigenvalue weighted by atomic mass is 32.1. The molecule has 0 fully saturated rings. The summed E-state index contributed by atoms with van der Waals surface area (Å²) in [6.45, 7) is 4.57. The van der Waals surface area contributed by atoms with Crippen LogP contribution in [0.1, 0.15) is 24.8 Å². The third-order valence-electron chi connectivity index (χ3n) is 2.52. The van der Waals surface area contributed by atoms with Gasteiger partial charge in [-0.25, -0.2) is 4.98 Å². The molecule has 0 bridgehead atoms. The first-order valence-corrected chi connectivity index (χ1v) is 6.85. The fourth-order valence-electron chi connectivity index (χ4n) is 1.58. The summed E-state index contributed by atoms with van der Waals surface area (Å²) in [5, 5.41) is 4.81. The molecule has 0 aliphatic carbocycles. The molecule has 18 heavy (non-hydrogen) atoms. The zero-order valence-corrected chi connectivity index (χ0v) is 11.3. The number of hydrogen-bond acceptors (Lipinski definition) is 4. The zero-order valence-electron chi connectivity index (χ0n) is 10.5. The lowest BCUT2D eigenvalue weighted by Gasteiger charge is -2.00. The average Bonchev–Trinajstić information content (AvgIpc) is 2.97. The Hall–Kier alpha value is -1.62. The standard InChI is InChI=1S/C13H16N2O2S/c1-3-6-14-12(16)8-10-9(2)17-13(15-10)11-5-4-7-18-11/h4-5,7H,3,6,8H2,1-2H3,(H,14,16). The number of aryl methyl sites for hydroxylation is 1. The second-order valence-corrected chi connectivity index (χ2v) is 4.97. The van der Waals surface area contributed by atoms with Crippen LogP contribution in [0.25, 0.3) is 10.8 Å². The van der Waals surface area contributed by atoms with Gasteiger partial charge in [0.05, 0.1) is 17.0 Å². The summed E-state index contributed by atoms with van der Waals surface area (Å²) in [5.41, 5.74) is 0.715. The van der Waals surface area contributed by atoms with E-state index < -0.39 is 0 Å². The van der Waals surface area contributed by atoms with Crippen molar-refractivity contribution in [3.63, 3.8) is 0 Å². The molecule has 0 saturated heterocycles. The van der Waals surface area contributed by atoms with E-state index in [1.165, 1.54) is 0 Å². The molecule has 1 N–H and O–H groups in total. The Labute approximate surface area is 110 Å². The first-order valence-electron chi connectivity index (χ1n) is 5.97. The molecule has 0 unspecified atom stereocenters. The largest absolute Gasteiger partial charge is 0.440 e. The van der Waals surface area contributed by atoms with Gasteiger partial charge in [0.15, 0.2) is 0 Å². The number of nitrogens with one attached hydrogen (secondary N) is 1. The van der Waals surface area contributed by atoms with Crippen molar-refractivity contribution < 1.29 is 9.21 Å². The number of nitrogens with zero attached hydrogens (tertiary/aromatic N) is 1. The van der Waals surface area contributed by atoms with Crippen LogP contribution < -0.4 is 5.32 Å². The van der Waals surface area contributed by atoms with Crippen LogP contribution in [0.3, 0.4) is 0 Å². The maximum atomic E-state index is 11.6. The van der Waals surface area contributed by atoms with Crippen LogP contribution >= 0.6 is 11.3 Å². The van der Waals surface area contributed by atoms with Gasteiger partial charge in [0.1, 0.15) is 5.76 Å². The van der Waals surface area contributed by atoms with Crippen molar-refractivity contribution in [2.45, 2.75) is 26.7 Å². The number of oxazole rings is 1. The summed E-state index contributed by atoms with van der Waals surface area (Å²) in [6.07, 6.45) is 1.21. The number of carbonyl (C=O) groups excluding carboxylic acids is 1. The Balaban J connectivity index is 2.08. The molecule has 0 aliphatic heterocycles. The van der Waals surface area contributed by atoms with Crippen LogP contribution in [0.4, 0.5) is 0 Å². The van der Waals surface area contributed by atoms with Gasteiger partial charge in [-0.3, -0.25) is 4.79 Å². The normalized spacial score (nSPS) is 10.6. The Bertz CT molecular complexity index is 517. The Morgan fingerprint density at radius 3 is 3.06 bits per heavy atom. The molecule has 0 saturated carbocycles. The second kappa shape index (κ2) is 5.82. The van der Waals surface area contributed by atoms with Gasteiger partial charge < -0.3 is 9.73 Å². The van der Waals surface area contributed by atoms with E-state index in [0.717, 1.165) is 11.3 Å². The van der Waals surface area contributed by atoms with Gasteiger partial charge in [0.25, 0.3) is 0 Å². The zero-order chi connectivity index (χ0) is 13.0. The van der Waals surface area contributed by atoms with Gasteiger partial charge >= 0.3 is 0 Å². The summed E-state index contributed by atoms with van der Waals surface area (Å²) in [7, 11) is 0. The quantitative estimate of drug-likeness (QED) is 0.903. The molecule has 2 heterocycles. The molecule has 0 atom stereocenters. The lowest BCUT2D eigenvalue weighted by molar-refractivity contribution is -0.120. The highest BCUT2D eigenvalue weighted by molar-refractivity contribution is 7.13. The maximum Gasteiger partial charge on any atom is 0.236 e. The third kappa shape index (κ3) is 2.98. The first-order chi connectivity index (χ1) is 8.70. The van der Waals surface area contributed by atoms with Crippen LogP contribution in [0.15, 0.2) is 21.9 Å². The third-order valence-corrected chi connectivity index (χ3v) is 3.38. The van der Waals surface area contributed by atoms with Gasteiger partial charge in [-0.2, -0.15) is 0 Å². The second-order valence-electron chi connectivity index (χ2n) is 4.03. The average molecular weight is 264 g/mol. The Kier molecular flexibility index (Phi) is 4.15. The predicted octanol–water partition coefficient (Wildman–Crippen LogP) is 2.78. The van der Waals surface area contributed by atoms with Gasteiger partial charge in [-0.05, 0) is 24.8 Å². The fourth-order valence-corrected chi connectivity index (χ4v) is 2.23. The minimum absolute atomic E-state index is 0.00835. The molecule has 0 spiro atoms. The summed E-state index contributed by atoms with van der Waals surface area (Å²) < 4.78 is 5.58. The number of thiophene rings is 1. The molecule has 0 radical (unpaired) electrons. The smallest absolute Gasteiger partial charge is 0.236 e. The fraction of sp³-hybridized carbons (Fsp3) is 0.385. The number of aromatic nitrogens is 1. The molecular formula is C13H16N2O2S. The topological polar surface area (TPSA) is 55.1 Å². The van der Waals surface area contributed by atoms with Crippen LogP contribution in [-0.4, -0.2) is 17.4 Å². The minimum atomic E-state index is -0.00835. The van der Waals surface area contributed by atoms with E-state index in [4.69, 9.17) is 4.42 Å². The number of hydrogen-bond donors (Lipinski definition) is 1. The highest BCUT2D eigenvalue weighted by Crippen LogP contribution is 2.25. The Morgan fingerprint density at radius 2 is 2.39 bits per heavy atom. The van der Waals surface area contributed by atoms with Crippen molar-refractivity contribution >= 4 is 17.2 Å². The van der Waals surface area contributed by atoms with Gasteiger partial charge in [-0.15, -0.1) is 11.3 Å². The van der Waals surface area contributed by atoms with Crippen molar-refractivity contribution in [2.24, 2.45) is 0 Å². The predicted molar refractivity (Wildman–Crippen MR) is 71.6 cm³/mol. The van der Waals surface area contributed by atoms with Crippen molar-refractivity contribution in [3.05, 3.63) is 29.0 Å². The monoisotopic (exact) mass is 264 g/mol. The summed E-state index contributed by atoms with van der Waals surface area (Å²) in [4.78, 5) is 17.0. The van der Waals surface area contributed by atoms with Crippen molar-refractivity contribution in [2.75, 3.05) is 6.54 Å². The summed E-state index contributed by atoms with van der Waals surface area (Å²) in [5.74, 6) is 1.30. The lowest BCUT2D eigenvalue weighted by Crippen LogP contribution is -2.26. The number of carbonyl (C=O) groups is 1. The van der Waals surface area contributed by atoms with Crippen LogP contribution in [-0.2, 0) is 11.2 Å². The molecule has 0 aliphatic rings. The van der Waals surface area contributed by atoms with Crippen molar-refractivity contribution in [3.8, 4) is 10.8 Å². The van der Waals surface area contributed by atoms with E-state index in [0.29, 0.717) is 23.9 Å². The Morgan fingerprint density at radius 1 is 1.56 bits per heavy atom. The molecule has 2 aromatic rings. The summed E-state index contributed by atoms with van der Waals surface area (Å²) in [6, 6.07) is 3.91. The molecule has 0 aromatic carbocycles. The SMILES string of the molecule is CCCNC(=O)Cc1nc(-c2cccs2)oc1C. The molecular weight excluding hydrogens is 248 g/mol. The van der Waals surface area contributed by atoms with E-state index in [-0.39, 0.29) is 12.3 Å². The van der Waals surface area contributed by atoms with E-state index in [1.807, 2.05) is 31.4 Å². The number of rotatable bonds is 5. The van der Waals surface area contributed by atoms with Gasteiger partial charge in [-0.1, -0.05) is 13.0 Å². The van der Waals surface area contributed by atoms with E-state index in [1.54, 1.807) is 11.3 Å². The van der Waals surface area contributed by atoms with Gasteiger partial charge in [0, 0.05) is 6.54 Å². The maximum absolute atomic E-state index is 11.6. The molecule has 5 heteroatoms. The summed E-state index contributed by atoms with van der Waals surface area (Å²) >= 11 is 1.57. The molecule has 4 nitrogen and oxygen atoms in total. The molecule has 2 rings (SSSR count). The van der Waals surface area contributed by atoms with E-state index >= 15 is 0 Å². The van der Waals surface area contributed by atoms with Crippen molar-refractivity contribution in [1.29, 1.82) is 0 Å². The highest BCUT2D eigenvalue weighted by Gasteiger charge is 2.14. The molecule has 1 amide bonds. The van der Waals surface area contributed by atoms with Crippen LogP contribution in [0, 0.1) is 6.92 Å². The van der Waals surface area contributed by atoms with E-state index in [2.05, 4.69) is 10.3 Å². The van der Waals surface area contributed by atoms with Crippen LogP contribution in [0.2, 0.25) is 0 Å². The minimum Gasteiger partial charge on any atom is -0.440 e. The lowest BCUT2D eigenvalue weighted by atomic mass is 10.2. The molecule has 96 valence electrons.